The summed E-state index contributed by atoms with van der Waals surface area (Å²) >= 11 is 0. The molecule has 2 aromatic carbocycles. The van der Waals surface area contributed by atoms with Crippen molar-refractivity contribution in [1.82, 2.24) is 4.57 Å². The second kappa shape index (κ2) is 5.51. The molecule has 1 aliphatic heterocycles. The maximum Gasteiger partial charge on any atom is 0.160 e. The van der Waals surface area contributed by atoms with Crippen molar-refractivity contribution >= 4 is 10.9 Å². The van der Waals surface area contributed by atoms with E-state index in [4.69, 9.17) is 4.74 Å². The largest absolute Gasteiger partial charge is 0.507 e. The maximum atomic E-state index is 14.1. The fourth-order valence-corrected chi connectivity index (χ4v) is 3.83. The summed E-state index contributed by atoms with van der Waals surface area (Å²) < 4.78 is 48.9. The molecular formula is C20H18F3NO2. The fraction of sp³-hybridized carbons (Fsp3) is 0.300. The monoisotopic (exact) mass is 361 g/mol. The zero-order valence-electron chi connectivity index (χ0n) is 14.6. The van der Waals surface area contributed by atoms with Gasteiger partial charge in [0, 0.05) is 39.9 Å². The fourth-order valence-electron chi connectivity index (χ4n) is 3.83. The van der Waals surface area contributed by atoms with Gasteiger partial charge in [-0.15, -0.1) is 0 Å². The van der Waals surface area contributed by atoms with Gasteiger partial charge in [-0.25, -0.2) is 13.2 Å². The van der Waals surface area contributed by atoms with Gasteiger partial charge in [-0.1, -0.05) is 13.8 Å². The first-order valence-electron chi connectivity index (χ1n) is 8.35. The maximum absolute atomic E-state index is 14.1. The molecule has 136 valence electrons. The Morgan fingerprint density at radius 2 is 1.85 bits per heavy atom. The molecule has 6 heteroatoms. The molecule has 0 saturated carbocycles. The first-order valence-corrected chi connectivity index (χ1v) is 8.35. The predicted molar refractivity (Wildman–Crippen MR) is 92.2 cm³/mol. The van der Waals surface area contributed by atoms with Crippen LogP contribution >= 0.6 is 0 Å². The van der Waals surface area contributed by atoms with Crippen molar-refractivity contribution in [2.45, 2.75) is 32.3 Å². The molecule has 1 unspecified atom stereocenters. The van der Waals surface area contributed by atoms with Gasteiger partial charge in [0.1, 0.15) is 11.6 Å². The van der Waals surface area contributed by atoms with Gasteiger partial charge in [-0.3, -0.25) is 0 Å². The van der Waals surface area contributed by atoms with Gasteiger partial charge in [-0.2, -0.15) is 0 Å². The Morgan fingerprint density at radius 3 is 2.54 bits per heavy atom. The normalized spacial score (nSPS) is 18.9. The highest BCUT2D eigenvalue weighted by atomic mass is 19.2. The lowest BCUT2D eigenvalue weighted by molar-refractivity contribution is 0.0168. The third kappa shape index (κ3) is 2.32. The number of hydrogen-bond donors (Lipinski definition) is 1. The number of phenolic OH excluding ortho intramolecular Hbond substituents is 1. The molecule has 26 heavy (non-hydrogen) atoms. The third-order valence-corrected chi connectivity index (χ3v) is 4.95. The minimum atomic E-state index is -0.989. The van der Waals surface area contributed by atoms with E-state index in [9.17, 15) is 18.3 Å². The van der Waals surface area contributed by atoms with E-state index < -0.39 is 22.9 Å². The highest BCUT2D eigenvalue weighted by molar-refractivity contribution is 5.93. The number of ether oxygens (including phenoxy) is 1. The van der Waals surface area contributed by atoms with Crippen LogP contribution in [0, 0.1) is 17.5 Å². The number of phenols is 1. The summed E-state index contributed by atoms with van der Waals surface area (Å²) in [4.78, 5) is 0. The van der Waals surface area contributed by atoms with Gasteiger partial charge in [0.05, 0.1) is 18.2 Å². The number of hydrogen-bond acceptors (Lipinski definition) is 2. The SMILES string of the molecule is CC1OCC(C)(C)c2c1c1c(O)cc(F)cc1n2-c1ccc(F)c(F)c1. The number of aromatic nitrogens is 1. The summed E-state index contributed by atoms with van der Waals surface area (Å²) in [6.07, 6.45) is -0.330. The van der Waals surface area contributed by atoms with Gasteiger partial charge in [0.25, 0.3) is 0 Å². The summed E-state index contributed by atoms with van der Waals surface area (Å²) in [6.45, 7) is 6.18. The van der Waals surface area contributed by atoms with E-state index >= 15 is 0 Å². The molecule has 3 nitrogen and oxygen atoms in total. The lowest BCUT2D eigenvalue weighted by Gasteiger charge is -2.35. The van der Waals surface area contributed by atoms with Crippen LogP contribution in [0.5, 0.6) is 5.75 Å². The summed E-state index contributed by atoms with van der Waals surface area (Å²) in [6, 6.07) is 5.89. The average Bonchev–Trinajstić information content (AvgIpc) is 2.91. The standard InChI is InChI=1S/C20H18F3NO2/c1-10-17-18-15(6-11(21)7-16(18)25)24(19(17)20(2,3)9-26-10)12-4-5-13(22)14(23)8-12/h4-8,10,25H,9H2,1-3H3. The van der Waals surface area contributed by atoms with Crippen LogP contribution in [0.1, 0.15) is 38.1 Å². The van der Waals surface area contributed by atoms with Crippen molar-refractivity contribution in [2.24, 2.45) is 0 Å². The van der Waals surface area contributed by atoms with Crippen LogP contribution in [-0.2, 0) is 10.2 Å². The van der Waals surface area contributed by atoms with Crippen LogP contribution in [0.2, 0.25) is 0 Å². The van der Waals surface area contributed by atoms with Crippen molar-refractivity contribution in [3.8, 4) is 11.4 Å². The summed E-state index contributed by atoms with van der Waals surface area (Å²) in [5.41, 5.74) is 1.80. The number of aromatic hydroxyl groups is 1. The van der Waals surface area contributed by atoms with E-state index in [0.717, 1.165) is 29.5 Å². The average molecular weight is 361 g/mol. The summed E-state index contributed by atoms with van der Waals surface area (Å²) in [5.74, 6) is -2.76. The number of fused-ring (bicyclic) bond motifs is 3. The van der Waals surface area contributed by atoms with Crippen molar-refractivity contribution in [2.75, 3.05) is 6.61 Å². The molecule has 1 atom stereocenters. The Kier molecular flexibility index (Phi) is 3.60. The smallest absolute Gasteiger partial charge is 0.160 e. The summed E-state index contributed by atoms with van der Waals surface area (Å²) in [5, 5.41) is 10.9. The quantitative estimate of drug-likeness (QED) is 0.653. The Bertz CT molecular complexity index is 1040. The highest BCUT2D eigenvalue weighted by Gasteiger charge is 2.39. The van der Waals surface area contributed by atoms with Crippen molar-refractivity contribution in [1.29, 1.82) is 0 Å². The van der Waals surface area contributed by atoms with Crippen LogP contribution in [0.15, 0.2) is 30.3 Å². The van der Waals surface area contributed by atoms with Gasteiger partial charge < -0.3 is 14.4 Å². The van der Waals surface area contributed by atoms with Crippen molar-refractivity contribution in [3.05, 3.63) is 59.0 Å². The van der Waals surface area contributed by atoms with Crippen molar-refractivity contribution < 1.29 is 23.0 Å². The van der Waals surface area contributed by atoms with Gasteiger partial charge in [-0.05, 0) is 25.1 Å². The molecule has 1 aliphatic rings. The molecule has 0 saturated heterocycles. The first-order chi connectivity index (χ1) is 12.2. The van der Waals surface area contributed by atoms with Crippen LogP contribution in [-0.4, -0.2) is 16.3 Å². The topological polar surface area (TPSA) is 34.4 Å². The number of nitrogens with zero attached hydrogens (tertiary/aromatic N) is 1. The van der Waals surface area contributed by atoms with E-state index in [-0.39, 0.29) is 11.9 Å². The van der Waals surface area contributed by atoms with Crippen LogP contribution in [0.4, 0.5) is 13.2 Å². The molecule has 0 aliphatic carbocycles. The minimum Gasteiger partial charge on any atom is -0.507 e. The Hall–Kier alpha value is -2.47. The molecule has 1 aromatic heterocycles. The third-order valence-electron chi connectivity index (χ3n) is 4.95. The molecule has 1 N–H and O–H groups in total. The minimum absolute atomic E-state index is 0.203. The zero-order valence-corrected chi connectivity index (χ0v) is 14.6. The van der Waals surface area contributed by atoms with Crippen LogP contribution in [0.25, 0.3) is 16.6 Å². The molecule has 3 aromatic rings. The molecule has 0 fully saturated rings. The molecule has 4 rings (SSSR count). The lowest BCUT2D eigenvalue weighted by atomic mass is 9.83. The number of rotatable bonds is 1. The lowest BCUT2D eigenvalue weighted by Crippen LogP contribution is -2.33. The molecule has 2 heterocycles. The van der Waals surface area contributed by atoms with E-state index in [2.05, 4.69) is 0 Å². The number of benzene rings is 2. The van der Waals surface area contributed by atoms with E-state index in [1.807, 2.05) is 20.8 Å². The predicted octanol–water partition coefficient (Wildman–Crippen LogP) is 5.12. The Morgan fingerprint density at radius 1 is 1.12 bits per heavy atom. The zero-order chi connectivity index (χ0) is 18.8. The Balaban J connectivity index is 2.20. The van der Waals surface area contributed by atoms with Gasteiger partial charge in [0.15, 0.2) is 11.6 Å². The molecule has 0 spiro atoms. The first kappa shape index (κ1) is 17.0. The summed E-state index contributed by atoms with van der Waals surface area (Å²) in [7, 11) is 0. The van der Waals surface area contributed by atoms with Gasteiger partial charge in [0.2, 0.25) is 0 Å². The second-order valence-corrected chi connectivity index (χ2v) is 7.35. The number of halogens is 3. The second-order valence-electron chi connectivity index (χ2n) is 7.35. The molecule has 0 radical (unpaired) electrons. The molecule has 0 amide bonds. The van der Waals surface area contributed by atoms with E-state index in [1.54, 1.807) is 4.57 Å². The van der Waals surface area contributed by atoms with Crippen LogP contribution in [0.3, 0.4) is 0 Å². The van der Waals surface area contributed by atoms with E-state index in [0.29, 0.717) is 23.2 Å². The van der Waals surface area contributed by atoms with Gasteiger partial charge >= 0.3 is 0 Å². The van der Waals surface area contributed by atoms with Crippen molar-refractivity contribution in [3.63, 3.8) is 0 Å². The molecule has 0 bridgehead atoms. The molecular weight excluding hydrogens is 343 g/mol. The Labute approximate surface area is 148 Å². The highest BCUT2D eigenvalue weighted by Crippen LogP contribution is 2.47. The van der Waals surface area contributed by atoms with E-state index in [1.165, 1.54) is 12.1 Å². The van der Waals surface area contributed by atoms with Crippen LogP contribution < -0.4 is 0 Å².